The van der Waals surface area contributed by atoms with Gasteiger partial charge in [0.15, 0.2) is 0 Å². The SMILES string of the molecule is Cc1nc(CNc2ccc(C(F)(F)F)cc2Cl)cs1. The molecule has 2 aromatic rings. The molecule has 0 aliphatic rings. The van der Waals surface area contributed by atoms with Crippen LogP contribution in [0.25, 0.3) is 0 Å². The summed E-state index contributed by atoms with van der Waals surface area (Å²) in [6.45, 7) is 2.31. The zero-order chi connectivity index (χ0) is 14.0. The maximum atomic E-state index is 12.5. The Morgan fingerprint density at radius 3 is 2.63 bits per heavy atom. The Balaban J connectivity index is 2.09. The lowest BCUT2D eigenvalue weighted by atomic mass is 10.2. The monoisotopic (exact) mass is 306 g/mol. The van der Waals surface area contributed by atoms with Crippen molar-refractivity contribution in [2.24, 2.45) is 0 Å². The van der Waals surface area contributed by atoms with Crippen molar-refractivity contribution in [3.8, 4) is 0 Å². The number of aryl methyl sites for hydroxylation is 1. The maximum Gasteiger partial charge on any atom is 0.416 e. The predicted octanol–water partition coefficient (Wildman–Crippen LogP) is 4.74. The number of nitrogens with zero attached hydrogens (tertiary/aromatic N) is 1. The second-order valence-electron chi connectivity index (χ2n) is 3.90. The van der Waals surface area contributed by atoms with E-state index in [2.05, 4.69) is 10.3 Å². The van der Waals surface area contributed by atoms with Gasteiger partial charge in [-0.15, -0.1) is 11.3 Å². The highest BCUT2D eigenvalue weighted by molar-refractivity contribution is 7.09. The molecule has 0 spiro atoms. The fourth-order valence-corrected chi connectivity index (χ4v) is 2.37. The van der Waals surface area contributed by atoms with Crippen LogP contribution in [0.1, 0.15) is 16.3 Å². The number of hydrogen-bond donors (Lipinski definition) is 1. The molecule has 1 aromatic heterocycles. The van der Waals surface area contributed by atoms with Gasteiger partial charge in [0.25, 0.3) is 0 Å². The molecule has 0 bridgehead atoms. The Kier molecular flexibility index (Phi) is 4.01. The molecule has 0 aliphatic heterocycles. The minimum absolute atomic E-state index is 0.0433. The summed E-state index contributed by atoms with van der Waals surface area (Å²) in [6, 6.07) is 3.24. The number of anilines is 1. The topological polar surface area (TPSA) is 24.9 Å². The van der Waals surface area contributed by atoms with Crippen molar-refractivity contribution in [3.05, 3.63) is 44.9 Å². The average molecular weight is 307 g/mol. The van der Waals surface area contributed by atoms with Gasteiger partial charge in [0, 0.05) is 5.38 Å². The van der Waals surface area contributed by atoms with Crippen LogP contribution in [0, 0.1) is 6.92 Å². The molecule has 1 heterocycles. The number of benzene rings is 1. The molecule has 0 atom stereocenters. The summed E-state index contributed by atoms with van der Waals surface area (Å²) in [4.78, 5) is 4.25. The fourth-order valence-electron chi connectivity index (χ4n) is 1.51. The van der Waals surface area contributed by atoms with E-state index in [1.54, 1.807) is 0 Å². The van der Waals surface area contributed by atoms with Gasteiger partial charge in [0.1, 0.15) is 0 Å². The minimum atomic E-state index is -4.38. The number of nitrogens with one attached hydrogen (secondary N) is 1. The lowest BCUT2D eigenvalue weighted by Gasteiger charge is -2.11. The smallest absolute Gasteiger partial charge is 0.378 e. The zero-order valence-corrected chi connectivity index (χ0v) is 11.5. The van der Waals surface area contributed by atoms with Crippen LogP contribution < -0.4 is 5.32 Å². The summed E-state index contributed by atoms with van der Waals surface area (Å²) in [5, 5.41) is 5.84. The number of halogens is 4. The van der Waals surface area contributed by atoms with E-state index >= 15 is 0 Å². The number of rotatable bonds is 3. The third kappa shape index (κ3) is 3.61. The quantitative estimate of drug-likeness (QED) is 0.886. The van der Waals surface area contributed by atoms with E-state index in [1.165, 1.54) is 17.4 Å². The molecular weight excluding hydrogens is 297 g/mol. The van der Waals surface area contributed by atoms with Crippen molar-refractivity contribution in [1.29, 1.82) is 0 Å². The van der Waals surface area contributed by atoms with Gasteiger partial charge < -0.3 is 5.32 Å². The van der Waals surface area contributed by atoms with E-state index in [9.17, 15) is 13.2 Å². The molecule has 7 heteroatoms. The van der Waals surface area contributed by atoms with Crippen LogP contribution >= 0.6 is 22.9 Å². The molecule has 0 amide bonds. The second-order valence-corrected chi connectivity index (χ2v) is 5.37. The molecule has 0 fully saturated rings. The molecule has 19 heavy (non-hydrogen) atoms. The number of aromatic nitrogens is 1. The van der Waals surface area contributed by atoms with Crippen LogP contribution in [0.15, 0.2) is 23.6 Å². The Labute approximate surface area is 117 Å². The van der Waals surface area contributed by atoms with E-state index in [0.717, 1.165) is 22.8 Å². The van der Waals surface area contributed by atoms with Crippen molar-refractivity contribution >= 4 is 28.6 Å². The third-order valence-electron chi connectivity index (χ3n) is 2.42. The van der Waals surface area contributed by atoms with Gasteiger partial charge in [-0.25, -0.2) is 4.98 Å². The second kappa shape index (κ2) is 5.38. The first-order valence-corrected chi connectivity index (χ1v) is 6.63. The molecular formula is C12H10ClF3N2S. The summed E-state index contributed by atoms with van der Waals surface area (Å²) in [7, 11) is 0. The molecule has 1 N–H and O–H groups in total. The Hall–Kier alpha value is -1.27. The van der Waals surface area contributed by atoms with E-state index in [0.29, 0.717) is 12.2 Å². The van der Waals surface area contributed by atoms with Gasteiger partial charge >= 0.3 is 6.18 Å². The van der Waals surface area contributed by atoms with Crippen LogP contribution in [-0.4, -0.2) is 4.98 Å². The molecule has 2 rings (SSSR count). The molecule has 0 saturated carbocycles. The van der Waals surface area contributed by atoms with Gasteiger partial charge in [-0.05, 0) is 25.1 Å². The highest BCUT2D eigenvalue weighted by atomic mass is 35.5. The standard InChI is InChI=1S/C12H10ClF3N2S/c1-7-18-9(6-19-7)5-17-11-3-2-8(4-10(11)13)12(14,15)16/h2-4,6,17H,5H2,1H3. The van der Waals surface area contributed by atoms with Gasteiger partial charge in [-0.3, -0.25) is 0 Å². The average Bonchev–Trinajstić information content (AvgIpc) is 2.72. The first kappa shape index (κ1) is 14.1. The molecule has 0 aliphatic carbocycles. The van der Waals surface area contributed by atoms with Crippen LogP contribution in [0.2, 0.25) is 5.02 Å². The van der Waals surface area contributed by atoms with Gasteiger partial charge in [-0.1, -0.05) is 11.6 Å². The van der Waals surface area contributed by atoms with E-state index in [-0.39, 0.29) is 5.02 Å². The number of alkyl halides is 3. The Bertz CT molecular complexity index is 581. The van der Waals surface area contributed by atoms with Crippen LogP contribution in [0.4, 0.5) is 18.9 Å². The first-order valence-electron chi connectivity index (χ1n) is 5.38. The van der Waals surface area contributed by atoms with E-state index < -0.39 is 11.7 Å². The largest absolute Gasteiger partial charge is 0.416 e. The van der Waals surface area contributed by atoms with Crippen LogP contribution in [-0.2, 0) is 12.7 Å². The van der Waals surface area contributed by atoms with Crippen molar-refractivity contribution in [2.75, 3.05) is 5.32 Å². The summed E-state index contributed by atoms with van der Waals surface area (Å²) in [5.41, 5.74) is 0.534. The molecule has 102 valence electrons. The highest BCUT2D eigenvalue weighted by Crippen LogP contribution is 2.33. The van der Waals surface area contributed by atoms with Crippen molar-refractivity contribution in [2.45, 2.75) is 19.6 Å². The summed E-state index contributed by atoms with van der Waals surface area (Å²) in [5.74, 6) is 0. The van der Waals surface area contributed by atoms with Crippen molar-refractivity contribution in [3.63, 3.8) is 0 Å². The Morgan fingerprint density at radius 1 is 1.37 bits per heavy atom. The number of thiazole rings is 1. The molecule has 0 radical (unpaired) electrons. The predicted molar refractivity (Wildman–Crippen MR) is 70.6 cm³/mol. The third-order valence-corrected chi connectivity index (χ3v) is 3.56. The van der Waals surface area contributed by atoms with Gasteiger partial charge in [-0.2, -0.15) is 13.2 Å². The molecule has 2 nitrogen and oxygen atoms in total. The first-order chi connectivity index (χ1) is 8.86. The van der Waals surface area contributed by atoms with Crippen molar-refractivity contribution < 1.29 is 13.2 Å². The van der Waals surface area contributed by atoms with Gasteiger partial charge in [0.05, 0.1) is 33.5 Å². The summed E-state index contributed by atoms with van der Waals surface area (Å²) in [6.07, 6.45) is -4.38. The zero-order valence-electron chi connectivity index (χ0n) is 9.88. The fraction of sp³-hybridized carbons (Fsp3) is 0.250. The van der Waals surface area contributed by atoms with Crippen LogP contribution in [0.3, 0.4) is 0 Å². The molecule has 1 aromatic carbocycles. The number of hydrogen-bond acceptors (Lipinski definition) is 3. The lowest BCUT2D eigenvalue weighted by molar-refractivity contribution is -0.137. The molecule has 0 unspecified atom stereocenters. The van der Waals surface area contributed by atoms with Crippen molar-refractivity contribution in [1.82, 2.24) is 4.98 Å². The highest BCUT2D eigenvalue weighted by Gasteiger charge is 2.30. The minimum Gasteiger partial charge on any atom is -0.378 e. The summed E-state index contributed by atoms with van der Waals surface area (Å²) < 4.78 is 37.4. The van der Waals surface area contributed by atoms with E-state index in [4.69, 9.17) is 11.6 Å². The van der Waals surface area contributed by atoms with E-state index in [1.807, 2.05) is 12.3 Å². The van der Waals surface area contributed by atoms with Gasteiger partial charge in [0.2, 0.25) is 0 Å². The normalized spacial score (nSPS) is 11.6. The Morgan fingerprint density at radius 2 is 2.11 bits per heavy atom. The summed E-state index contributed by atoms with van der Waals surface area (Å²) >= 11 is 7.34. The van der Waals surface area contributed by atoms with Crippen LogP contribution in [0.5, 0.6) is 0 Å². The lowest BCUT2D eigenvalue weighted by Crippen LogP contribution is -2.06. The maximum absolute atomic E-state index is 12.5. The molecule has 0 saturated heterocycles.